The molecular weight excluding hydrogens is 308 g/mol. The highest BCUT2D eigenvalue weighted by Crippen LogP contribution is 2.20. The normalized spacial score (nSPS) is 11.1. The zero-order chi connectivity index (χ0) is 15.6. The van der Waals surface area contributed by atoms with E-state index in [9.17, 15) is 4.79 Å². The molecule has 0 spiro atoms. The minimum Gasteiger partial charge on any atom is -0.492 e. The first kappa shape index (κ1) is 14.0. The van der Waals surface area contributed by atoms with Gasteiger partial charge >= 0.3 is 0 Å². The summed E-state index contributed by atoms with van der Waals surface area (Å²) in [5.74, 6) is 0.807. The number of hydrogen-bond donors (Lipinski definition) is 0. The van der Waals surface area contributed by atoms with Gasteiger partial charge in [0.2, 0.25) is 0 Å². The molecule has 4 rings (SSSR count). The van der Waals surface area contributed by atoms with Gasteiger partial charge in [-0.1, -0.05) is 30.3 Å². The fraction of sp³-hybridized carbons (Fsp3) is 0.111. The Balaban J connectivity index is 1.49. The maximum Gasteiger partial charge on any atom is 0.262 e. The average molecular weight is 322 g/mol. The fourth-order valence-electron chi connectivity index (χ4n) is 2.57. The molecule has 114 valence electrons. The molecule has 5 heteroatoms. The van der Waals surface area contributed by atoms with Crippen LogP contribution in [0.4, 0.5) is 0 Å². The number of nitrogens with zero attached hydrogens (tertiary/aromatic N) is 2. The van der Waals surface area contributed by atoms with E-state index in [0.717, 1.165) is 16.0 Å². The van der Waals surface area contributed by atoms with E-state index in [1.807, 2.05) is 41.8 Å². The zero-order valence-corrected chi connectivity index (χ0v) is 13.1. The fourth-order valence-corrected chi connectivity index (χ4v) is 3.29. The second-order valence-corrected chi connectivity index (χ2v) is 6.13. The topological polar surface area (TPSA) is 44.1 Å². The van der Waals surface area contributed by atoms with Crippen molar-refractivity contribution in [3.8, 4) is 5.75 Å². The number of fused-ring (bicyclic) bond motifs is 2. The molecule has 23 heavy (non-hydrogen) atoms. The van der Waals surface area contributed by atoms with Crippen molar-refractivity contribution in [2.24, 2.45) is 0 Å². The molecule has 0 aliphatic rings. The van der Waals surface area contributed by atoms with E-state index >= 15 is 0 Å². The molecule has 4 aromatic rings. The van der Waals surface area contributed by atoms with E-state index < -0.39 is 0 Å². The predicted molar refractivity (Wildman–Crippen MR) is 93.3 cm³/mol. The van der Waals surface area contributed by atoms with E-state index in [1.165, 1.54) is 16.7 Å². The number of benzene rings is 2. The molecule has 0 unspecified atom stereocenters. The van der Waals surface area contributed by atoms with E-state index in [4.69, 9.17) is 4.74 Å². The van der Waals surface area contributed by atoms with E-state index in [0.29, 0.717) is 18.5 Å². The molecular formula is C18H14N2O2S. The first-order valence-electron chi connectivity index (χ1n) is 7.35. The van der Waals surface area contributed by atoms with Crippen molar-refractivity contribution in [2.45, 2.75) is 6.54 Å². The van der Waals surface area contributed by atoms with Gasteiger partial charge in [0.1, 0.15) is 17.2 Å². The summed E-state index contributed by atoms with van der Waals surface area (Å²) >= 11 is 1.48. The lowest BCUT2D eigenvalue weighted by atomic mass is 10.1. The Morgan fingerprint density at radius 1 is 1.09 bits per heavy atom. The van der Waals surface area contributed by atoms with Crippen LogP contribution in [0.2, 0.25) is 0 Å². The minimum atomic E-state index is -0.0154. The van der Waals surface area contributed by atoms with Crippen LogP contribution in [0.25, 0.3) is 21.0 Å². The molecule has 0 bridgehead atoms. The molecule has 0 atom stereocenters. The number of hydrogen-bond acceptors (Lipinski definition) is 4. The monoisotopic (exact) mass is 322 g/mol. The van der Waals surface area contributed by atoms with Gasteiger partial charge in [-0.05, 0) is 34.4 Å². The third-order valence-electron chi connectivity index (χ3n) is 3.77. The summed E-state index contributed by atoms with van der Waals surface area (Å²) in [6.07, 6.45) is 1.59. The van der Waals surface area contributed by atoms with Crippen LogP contribution in [0.3, 0.4) is 0 Å². The molecule has 0 aliphatic heterocycles. The van der Waals surface area contributed by atoms with Crippen molar-refractivity contribution in [3.63, 3.8) is 0 Å². The van der Waals surface area contributed by atoms with Gasteiger partial charge < -0.3 is 4.74 Å². The Kier molecular flexibility index (Phi) is 3.55. The number of aromatic nitrogens is 2. The quantitative estimate of drug-likeness (QED) is 0.575. The van der Waals surface area contributed by atoms with Crippen LogP contribution in [0.1, 0.15) is 0 Å². The van der Waals surface area contributed by atoms with Gasteiger partial charge in [0.15, 0.2) is 0 Å². The molecule has 0 fully saturated rings. The molecule has 2 aromatic carbocycles. The van der Waals surface area contributed by atoms with Gasteiger partial charge in [-0.3, -0.25) is 9.36 Å². The second kappa shape index (κ2) is 5.85. The molecule has 0 amide bonds. The molecule has 0 N–H and O–H groups in total. The van der Waals surface area contributed by atoms with Gasteiger partial charge in [-0.15, -0.1) is 11.3 Å². The Bertz CT molecular complexity index is 1040. The zero-order valence-electron chi connectivity index (χ0n) is 12.3. The van der Waals surface area contributed by atoms with E-state index in [1.54, 1.807) is 10.9 Å². The second-order valence-electron chi connectivity index (χ2n) is 5.24. The Hall–Kier alpha value is -2.66. The van der Waals surface area contributed by atoms with Crippen LogP contribution < -0.4 is 10.3 Å². The molecule has 2 heterocycles. The van der Waals surface area contributed by atoms with Crippen LogP contribution in [-0.2, 0) is 6.54 Å². The summed E-state index contributed by atoms with van der Waals surface area (Å²) in [4.78, 5) is 17.4. The maximum absolute atomic E-state index is 12.3. The predicted octanol–water partition coefficient (Wildman–Crippen LogP) is 3.69. The summed E-state index contributed by atoms with van der Waals surface area (Å²) in [5.41, 5.74) is -0.0154. The molecule has 0 aliphatic carbocycles. The van der Waals surface area contributed by atoms with Crippen molar-refractivity contribution < 1.29 is 4.74 Å². The van der Waals surface area contributed by atoms with Gasteiger partial charge in [-0.25, -0.2) is 4.98 Å². The molecule has 4 nitrogen and oxygen atoms in total. The largest absolute Gasteiger partial charge is 0.492 e. The minimum absolute atomic E-state index is 0.0154. The third kappa shape index (κ3) is 2.71. The van der Waals surface area contributed by atoms with Crippen molar-refractivity contribution in [3.05, 3.63) is 70.6 Å². The van der Waals surface area contributed by atoms with E-state index in [-0.39, 0.29) is 5.56 Å². The van der Waals surface area contributed by atoms with Crippen molar-refractivity contribution >= 4 is 32.3 Å². The SMILES string of the molecule is O=c1c2ccsc2ncn1CCOc1ccc2ccccc2c1. The summed E-state index contributed by atoms with van der Waals surface area (Å²) in [6.45, 7) is 0.903. The standard InChI is InChI=1S/C18H14N2O2S/c21-18-16-7-10-23-17(16)19-12-20(18)8-9-22-15-6-5-13-3-1-2-4-14(13)11-15/h1-7,10-12H,8-9H2. The van der Waals surface area contributed by atoms with Crippen molar-refractivity contribution in [2.75, 3.05) is 6.61 Å². The maximum atomic E-state index is 12.3. The first-order chi connectivity index (χ1) is 11.3. The van der Waals surface area contributed by atoms with Gasteiger partial charge in [0, 0.05) is 0 Å². The number of ether oxygens (including phenoxy) is 1. The van der Waals surface area contributed by atoms with Crippen LogP contribution in [0.5, 0.6) is 5.75 Å². The summed E-state index contributed by atoms with van der Waals surface area (Å²) < 4.78 is 7.38. The first-order valence-corrected chi connectivity index (χ1v) is 8.23. The summed E-state index contributed by atoms with van der Waals surface area (Å²) in [6, 6.07) is 16.0. The molecule has 0 saturated carbocycles. The van der Waals surface area contributed by atoms with Gasteiger partial charge in [-0.2, -0.15) is 0 Å². The lowest BCUT2D eigenvalue weighted by molar-refractivity contribution is 0.296. The number of rotatable bonds is 4. The summed E-state index contributed by atoms with van der Waals surface area (Å²) in [7, 11) is 0. The van der Waals surface area contributed by atoms with Crippen molar-refractivity contribution in [1.82, 2.24) is 9.55 Å². The van der Waals surface area contributed by atoms with Crippen molar-refractivity contribution in [1.29, 1.82) is 0 Å². The van der Waals surface area contributed by atoms with Crippen LogP contribution in [0, 0.1) is 0 Å². The van der Waals surface area contributed by atoms with Gasteiger partial charge in [0.25, 0.3) is 5.56 Å². The molecule has 0 radical (unpaired) electrons. The lowest BCUT2D eigenvalue weighted by Crippen LogP contribution is -2.23. The molecule has 2 aromatic heterocycles. The highest BCUT2D eigenvalue weighted by atomic mass is 32.1. The Labute approximate surface area is 136 Å². The van der Waals surface area contributed by atoms with E-state index in [2.05, 4.69) is 17.1 Å². The van der Waals surface area contributed by atoms with Gasteiger partial charge in [0.05, 0.1) is 18.3 Å². The Morgan fingerprint density at radius 2 is 1.96 bits per heavy atom. The molecule has 0 saturated heterocycles. The van der Waals surface area contributed by atoms with Crippen LogP contribution in [-0.4, -0.2) is 16.2 Å². The van der Waals surface area contributed by atoms with Crippen LogP contribution in [0.15, 0.2) is 65.0 Å². The average Bonchev–Trinajstić information content (AvgIpc) is 3.06. The highest BCUT2D eigenvalue weighted by Gasteiger charge is 2.05. The Morgan fingerprint density at radius 3 is 2.87 bits per heavy atom. The number of thiophene rings is 1. The van der Waals surface area contributed by atoms with Crippen LogP contribution >= 0.6 is 11.3 Å². The smallest absolute Gasteiger partial charge is 0.262 e. The highest BCUT2D eigenvalue weighted by molar-refractivity contribution is 7.16. The third-order valence-corrected chi connectivity index (χ3v) is 4.59. The lowest BCUT2D eigenvalue weighted by Gasteiger charge is -2.09. The summed E-state index contributed by atoms with van der Waals surface area (Å²) in [5, 5.41) is 4.88.